The predicted octanol–water partition coefficient (Wildman–Crippen LogP) is 3.29. The summed E-state index contributed by atoms with van der Waals surface area (Å²) < 4.78 is 5.45. The van der Waals surface area contributed by atoms with Gasteiger partial charge in [0.25, 0.3) is 0 Å². The van der Waals surface area contributed by atoms with Crippen molar-refractivity contribution in [2.24, 2.45) is 5.41 Å². The van der Waals surface area contributed by atoms with Gasteiger partial charge in [-0.2, -0.15) is 0 Å². The van der Waals surface area contributed by atoms with Crippen molar-refractivity contribution in [1.29, 1.82) is 0 Å². The van der Waals surface area contributed by atoms with Crippen LogP contribution in [0.4, 0.5) is 0 Å². The van der Waals surface area contributed by atoms with E-state index in [4.69, 9.17) is 33.0 Å². The number of ether oxygens (including phenoxy) is 1. The molecule has 0 fully saturated rings. The molecule has 0 spiro atoms. The van der Waals surface area contributed by atoms with Crippen LogP contribution in [0, 0.1) is 5.41 Å². The fourth-order valence-corrected chi connectivity index (χ4v) is 1.93. The zero-order valence-corrected chi connectivity index (χ0v) is 13.8. The van der Waals surface area contributed by atoms with Crippen LogP contribution < -0.4 is 10.1 Å². The third-order valence-electron chi connectivity index (χ3n) is 3.04. The average molecular weight is 334 g/mol. The Bertz CT molecular complexity index is 478. The number of amides is 1. The molecule has 6 heteroatoms. The number of aliphatic hydroxyl groups is 1. The smallest absolute Gasteiger partial charge is 0.223 e. The first-order valence-electron chi connectivity index (χ1n) is 6.79. The van der Waals surface area contributed by atoms with Gasteiger partial charge in [0.1, 0.15) is 5.75 Å². The summed E-state index contributed by atoms with van der Waals surface area (Å²) in [5.41, 5.74) is -0.116. The lowest BCUT2D eigenvalue weighted by Crippen LogP contribution is -2.35. The highest BCUT2D eigenvalue weighted by molar-refractivity contribution is 6.42. The average Bonchev–Trinajstić information content (AvgIpc) is 2.41. The van der Waals surface area contributed by atoms with E-state index in [2.05, 4.69) is 5.32 Å². The molecule has 4 nitrogen and oxygen atoms in total. The number of carbonyl (C=O) groups is 1. The Morgan fingerprint density at radius 3 is 2.67 bits per heavy atom. The molecule has 2 N–H and O–H groups in total. The molecule has 0 aliphatic heterocycles. The quantitative estimate of drug-likeness (QED) is 0.767. The van der Waals surface area contributed by atoms with Crippen molar-refractivity contribution in [3.8, 4) is 5.75 Å². The Kier molecular flexibility index (Phi) is 7.29. The van der Waals surface area contributed by atoms with E-state index in [1.165, 1.54) is 0 Å². The van der Waals surface area contributed by atoms with Gasteiger partial charge in [-0.3, -0.25) is 4.79 Å². The van der Waals surface area contributed by atoms with Gasteiger partial charge in [-0.05, 0) is 24.0 Å². The Labute approximate surface area is 135 Å². The van der Waals surface area contributed by atoms with Gasteiger partial charge in [0.2, 0.25) is 5.91 Å². The first-order chi connectivity index (χ1) is 9.84. The predicted molar refractivity (Wildman–Crippen MR) is 85.1 cm³/mol. The molecular formula is C15H21Cl2NO3. The minimum atomic E-state index is -0.116. The number of benzene rings is 1. The Balaban J connectivity index is 2.29. The van der Waals surface area contributed by atoms with Gasteiger partial charge in [0.15, 0.2) is 0 Å². The summed E-state index contributed by atoms with van der Waals surface area (Å²) in [5, 5.41) is 12.6. The van der Waals surface area contributed by atoms with Crippen LogP contribution >= 0.6 is 23.2 Å². The van der Waals surface area contributed by atoms with Crippen molar-refractivity contribution >= 4 is 29.1 Å². The monoisotopic (exact) mass is 333 g/mol. The van der Waals surface area contributed by atoms with Gasteiger partial charge in [0, 0.05) is 19.2 Å². The molecule has 0 saturated carbocycles. The van der Waals surface area contributed by atoms with E-state index in [1.54, 1.807) is 18.2 Å². The zero-order chi connectivity index (χ0) is 15.9. The lowest BCUT2D eigenvalue weighted by Gasteiger charge is -2.23. The van der Waals surface area contributed by atoms with Gasteiger partial charge in [-0.1, -0.05) is 37.0 Å². The van der Waals surface area contributed by atoms with Gasteiger partial charge in [-0.15, -0.1) is 0 Å². The van der Waals surface area contributed by atoms with E-state index in [0.29, 0.717) is 28.8 Å². The summed E-state index contributed by atoms with van der Waals surface area (Å²) in [6, 6.07) is 4.97. The van der Waals surface area contributed by atoms with Crippen LogP contribution in [-0.2, 0) is 4.79 Å². The highest BCUT2D eigenvalue weighted by atomic mass is 35.5. The van der Waals surface area contributed by atoms with E-state index in [1.807, 2.05) is 13.8 Å². The minimum absolute atomic E-state index is 0.0823. The molecule has 0 unspecified atom stereocenters. The van der Waals surface area contributed by atoms with Crippen molar-refractivity contribution < 1.29 is 14.6 Å². The van der Waals surface area contributed by atoms with Crippen molar-refractivity contribution in [3.05, 3.63) is 28.2 Å². The van der Waals surface area contributed by atoms with Crippen LogP contribution in [0.1, 0.15) is 26.7 Å². The molecule has 1 amide bonds. The second kappa shape index (κ2) is 8.47. The van der Waals surface area contributed by atoms with Gasteiger partial charge >= 0.3 is 0 Å². The zero-order valence-electron chi connectivity index (χ0n) is 12.3. The molecular weight excluding hydrogens is 313 g/mol. The summed E-state index contributed by atoms with van der Waals surface area (Å²) >= 11 is 11.7. The molecule has 0 aliphatic rings. The maximum Gasteiger partial charge on any atom is 0.223 e. The Morgan fingerprint density at radius 2 is 2.05 bits per heavy atom. The molecule has 0 atom stereocenters. The van der Waals surface area contributed by atoms with Crippen LogP contribution in [-0.4, -0.2) is 30.8 Å². The number of aliphatic hydroxyl groups excluding tert-OH is 1. The summed E-state index contributed by atoms with van der Waals surface area (Å²) in [5.74, 6) is 0.499. The van der Waals surface area contributed by atoms with E-state index in [0.717, 1.165) is 0 Å². The maximum atomic E-state index is 11.7. The maximum absolute atomic E-state index is 11.7. The first-order valence-corrected chi connectivity index (χ1v) is 7.55. The van der Waals surface area contributed by atoms with Gasteiger partial charge in [0.05, 0.1) is 23.1 Å². The standard InChI is InChI=1S/C15H21Cl2NO3/c1-15(2,6-7-19)10-18-14(20)5-8-21-11-3-4-12(16)13(17)9-11/h3-4,9,19H,5-8,10H2,1-2H3,(H,18,20). The van der Waals surface area contributed by atoms with Gasteiger partial charge < -0.3 is 15.2 Å². The summed E-state index contributed by atoms with van der Waals surface area (Å²) in [6.07, 6.45) is 0.905. The SMILES string of the molecule is CC(C)(CCO)CNC(=O)CCOc1ccc(Cl)c(Cl)c1. The number of nitrogens with one attached hydrogen (secondary N) is 1. The third kappa shape index (κ3) is 7.02. The van der Waals surface area contributed by atoms with Crippen LogP contribution in [0.5, 0.6) is 5.75 Å². The number of hydrogen-bond acceptors (Lipinski definition) is 3. The van der Waals surface area contributed by atoms with E-state index in [9.17, 15) is 4.79 Å². The second-order valence-electron chi connectivity index (χ2n) is 5.59. The fourth-order valence-electron chi connectivity index (χ4n) is 1.65. The molecule has 1 rings (SSSR count). The number of hydrogen-bond donors (Lipinski definition) is 2. The Morgan fingerprint density at radius 1 is 1.33 bits per heavy atom. The number of rotatable bonds is 8. The molecule has 0 saturated heterocycles. The molecule has 0 aliphatic carbocycles. The lowest BCUT2D eigenvalue weighted by atomic mass is 9.90. The van der Waals surface area contributed by atoms with E-state index >= 15 is 0 Å². The topological polar surface area (TPSA) is 58.6 Å². The lowest BCUT2D eigenvalue weighted by molar-refractivity contribution is -0.122. The molecule has 0 aromatic heterocycles. The van der Waals surface area contributed by atoms with Crippen molar-refractivity contribution in [1.82, 2.24) is 5.32 Å². The summed E-state index contributed by atoms with van der Waals surface area (Å²) in [6.45, 7) is 4.90. The second-order valence-corrected chi connectivity index (χ2v) is 6.40. The highest BCUT2D eigenvalue weighted by Crippen LogP contribution is 2.26. The molecule has 0 heterocycles. The number of halogens is 2. The third-order valence-corrected chi connectivity index (χ3v) is 3.78. The number of carbonyl (C=O) groups excluding carboxylic acids is 1. The van der Waals surface area contributed by atoms with Crippen molar-refractivity contribution in [2.45, 2.75) is 26.7 Å². The molecule has 0 bridgehead atoms. The van der Waals surface area contributed by atoms with Crippen LogP contribution in [0.25, 0.3) is 0 Å². The summed E-state index contributed by atoms with van der Waals surface area (Å²) in [7, 11) is 0. The molecule has 118 valence electrons. The molecule has 1 aromatic rings. The van der Waals surface area contributed by atoms with Crippen molar-refractivity contribution in [2.75, 3.05) is 19.8 Å². The molecule has 1 aromatic carbocycles. The minimum Gasteiger partial charge on any atom is -0.493 e. The van der Waals surface area contributed by atoms with Crippen molar-refractivity contribution in [3.63, 3.8) is 0 Å². The summed E-state index contributed by atoms with van der Waals surface area (Å²) in [4.78, 5) is 11.7. The Hall–Kier alpha value is -0.970. The first kappa shape index (κ1) is 18.1. The molecule has 21 heavy (non-hydrogen) atoms. The normalized spacial score (nSPS) is 11.3. The van der Waals surface area contributed by atoms with Gasteiger partial charge in [-0.25, -0.2) is 0 Å². The fraction of sp³-hybridized carbons (Fsp3) is 0.533. The largest absolute Gasteiger partial charge is 0.493 e. The molecule has 0 radical (unpaired) electrons. The van der Waals surface area contributed by atoms with Crippen LogP contribution in [0.2, 0.25) is 10.0 Å². The highest BCUT2D eigenvalue weighted by Gasteiger charge is 2.17. The van der Waals surface area contributed by atoms with E-state index in [-0.39, 0.29) is 31.0 Å². The van der Waals surface area contributed by atoms with Crippen LogP contribution in [0.3, 0.4) is 0 Å². The van der Waals surface area contributed by atoms with E-state index < -0.39 is 0 Å². The van der Waals surface area contributed by atoms with Crippen LogP contribution in [0.15, 0.2) is 18.2 Å².